The van der Waals surface area contributed by atoms with Gasteiger partial charge in [0.05, 0.1) is 19.1 Å². The molecule has 3 aliphatic rings. The summed E-state index contributed by atoms with van der Waals surface area (Å²) in [6.07, 6.45) is 2.07. The van der Waals surface area contributed by atoms with Crippen LogP contribution in [0.2, 0.25) is 0 Å². The van der Waals surface area contributed by atoms with Crippen molar-refractivity contribution in [2.75, 3.05) is 17.3 Å². The highest BCUT2D eigenvalue weighted by Crippen LogP contribution is 2.58. The van der Waals surface area contributed by atoms with Gasteiger partial charge in [0.2, 0.25) is 5.91 Å². The molecule has 0 aromatic heterocycles. The summed E-state index contributed by atoms with van der Waals surface area (Å²) in [5.74, 6) is -1.20. The average molecular weight is 555 g/mol. The number of aryl methyl sites for hydroxylation is 1. The Kier molecular flexibility index (Phi) is 5.91. The second-order valence-corrected chi connectivity index (χ2v) is 11.3. The minimum absolute atomic E-state index is 0.235. The molecular weight excluding hydrogens is 524 g/mol. The molecule has 7 rings (SSSR count). The van der Waals surface area contributed by atoms with Gasteiger partial charge >= 0.3 is 0 Å². The number of carbonyl (C=O) groups excluding carboxylic acids is 3. The van der Waals surface area contributed by atoms with Crippen LogP contribution in [0.25, 0.3) is 5.57 Å². The third kappa shape index (κ3) is 3.54. The zero-order valence-electron chi connectivity index (χ0n) is 23.6. The van der Waals surface area contributed by atoms with Gasteiger partial charge in [-0.15, -0.1) is 0 Å². The zero-order valence-corrected chi connectivity index (χ0v) is 23.6. The normalized spacial score (nSPS) is 23.5. The number of allylic oxidation sites excluding steroid dienone is 1. The number of amides is 1. The molecule has 1 amide bonds. The summed E-state index contributed by atoms with van der Waals surface area (Å²) in [7, 11) is 1.56. The van der Waals surface area contributed by atoms with E-state index in [1.165, 1.54) is 0 Å². The van der Waals surface area contributed by atoms with E-state index < -0.39 is 23.4 Å². The number of methoxy groups -OCH3 is 1. The largest absolute Gasteiger partial charge is 0.497 e. The van der Waals surface area contributed by atoms with Crippen LogP contribution in [0.4, 0.5) is 11.4 Å². The number of para-hydroxylation sites is 2. The van der Waals surface area contributed by atoms with Gasteiger partial charge in [-0.1, -0.05) is 84.4 Å². The number of fused-ring (bicyclic) bond motifs is 6. The van der Waals surface area contributed by atoms with E-state index in [2.05, 4.69) is 11.4 Å². The van der Waals surface area contributed by atoms with E-state index in [4.69, 9.17) is 4.74 Å². The highest BCUT2D eigenvalue weighted by atomic mass is 16.5. The Balaban J connectivity index is 1.55. The van der Waals surface area contributed by atoms with E-state index >= 15 is 0 Å². The maximum Gasteiger partial charge on any atom is 0.238 e. The first-order valence-corrected chi connectivity index (χ1v) is 14.1. The molecule has 3 heterocycles. The van der Waals surface area contributed by atoms with Crippen LogP contribution in [0, 0.1) is 12.8 Å². The van der Waals surface area contributed by atoms with Crippen molar-refractivity contribution in [2.24, 2.45) is 5.92 Å². The van der Waals surface area contributed by atoms with Crippen LogP contribution in [0.1, 0.15) is 44.3 Å². The van der Waals surface area contributed by atoms with Gasteiger partial charge in [0.25, 0.3) is 0 Å². The molecule has 0 bridgehead atoms. The van der Waals surface area contributed by atoms with Crippen LogP contribution < -0.4 is 15.0 Å². The lowest BCUT2D eigenvalue weighted by molar-refractivity contribution is -0.121. The number of anilines is 2. The summed E-state index contributed by atoms with van der Waals surface area (Å²) in [5, 5.41) is 3.09. The molecule has 4 atom stereocenters. The van der Waals surface area contributed by atoms with Crippen LogP contribution in [0.15, 0.2) is 103 Å². The fourth-order valence-corrected chi connectivity index (χ4v) is 7.23. The smallest absolute Gasteiger partial charge is 0.238 e. The molecule has 3 aliphatic heterocycles. The third-order valence-corrected chi connectivity index (χ3v) is 9.13. The van der Waals surface area contributed by atoms with E-state index in [-0.39, 0.29) is 17.5 Å². The minimum Gasteiger partial charge on any atom is -0.497 e. The van der Waals surface area contributed by atoms with Gasteiger partial charge in [-0.2, -0.15) is 0 Å². The Hall–Kier alpha value is -4.97. The van der Waals surface area contributed by atoms with Gasteiger partial charge < -0.3 is 15.0 Å². The van der Waals surface area contributed by atoms with Crippen molar-refractivity contribution in [2.45, 2.75) is 31.3 Å². The number of benzene rings is 4. The number of ether oxygens (including phenoxy) is 1. The number of nitrogens with one attached hydrogen (secondary N) is 1. The number of ketones is 2. The summed E-state index contributed by atoms with van der Waals surface area (Å²) < 4.78 is 5.45. The first kappa shape index (κ1) is 26.0. The van der Waals surface area contributed by atoms with Gasteiger partial charge in [-0.3, -0.25) is 14.4 Å². The number of Topliss-reactive ketones (excluding diaryl/α,β-unsaturated/α-hetero) is 2. The van der Waals surface area contributed by atoms with Crippen LogP contribution in [0.3, 0.4) is 0 Å². The van der Waals surface area contributed by atoms with Crippen molar-refractivity contribution in [1.29, 1.82) is 0 Å². The quantitative estimate of drug-likeness (QED) is 0.295. The molecule has 1 fully saturated rings. The van der Waals surface area contributed by atoms with Gasteiger partial charge in [0.15, 0.2) is 11.6 Å². The molecule has 4 aromatic rings. The fraction of sp³-hybridized carbons (Fsp3) is 0.194. The molecule has 1 spiro atoms. The van der Waals surface area contributed by atoms with Crippen molar-refractivity contribution in [3.8, 4) is 5.75 Å². The van der Waals surface area contributed by atoms with Crippen molar-refractivity contribution in [1.82, 2.24) is 0 Å². The summed E-state index contributed by atoms with van der Waals surface area (Å²) in [6, 6.07) is 28.3. The van der Waals surface area contributed by atoms with Gasteiger partial charge in [-0.25, -0.2) is 0 Å². The molecular formula is C36H30N2O4. The standard InChI is InChI=1S/C36H30N2O4/c1-21-15-17-23(18-16-21)33(39)31-32(34(40)24-9-8-10-25(20-24)42-3)38-29-14-7-4-11-26(29)22(2)19-30(38)36(31)27-12-5-6-13-28(27)37-35(36)41/h4-20,30-32H,1-3H3,(H,37,41)/t30-,31+,32+,36-/m1/s1. The Morgan fingerprint density at radius 3 is 2.36 bits per heavy atom. The molecule has 0 unspecified atom stereocenters. The number of hydrogen-bond acceptors (Lipinski definition) is 5. The maximum absolute atomic E-state index is 14.9. The third-order valence-electron chi connectivity index (χ3n) is 9.13. The lowest BCUT2D eigenvalue weighted by Gasteiger charge is -2.39. The first-order chi connectivity index (χ1) is 20.4. The van der Waals surface area contributed by atoms with Gasteiger partial charge in [-0.05, 0) is 49.2 Å². The van der Waals surface area contributed by atoms with E-state index in [0.29, 0.717) is 22.6 Å². The SMILES string of the molecule is COc1cccc(C(=O)[C@@H]2[C@@H](C(=O)c3ccc(C)cc3)[C@]3(C(=O)Nc4ccccc43)[C@H]3C=C(C)c4ccccc4N23)c1. The summed E-state index contributed by atoms with van der Waals surface area (Å²) >= 11 is 0. The van der Waals surface area contributed by atoms with Crippen molar-refractivity contribution >= 4 is 34.4 Å². The fourth-order valence-electron chi connectivity index (χ4n) is 7.23. The monoisotopic (exact) mass is 554 g/mol. The number of nitrogens with zero attached hydrogens (tertiary/aromatic N) is 1. The Labute approximate surface area is 244 Å². The lowest BCUT2D eigenvalue weighted by atomic mass is 9.64. The van der Waals surface area contributed by atoms with E-state index in [9.17, 15) is 14.4 Å². The van der Waals surface area contributed by atoms with E-state index in [0.717, 1.165) is 28.0 Å². The van der Waals surface area contributed by atoms with Gasteiger partial charge in [0, 0.05) is 28.1 Å². The molecule has 1 N–H and O–H groups in total. The molecule has 0 saturated carbocycles. The van der Waals surface area contributed by atoms with Crippen molar-refractivity contribution < 1.29 is 19.1 Å². The Morgan fingerprint density at radius 2 is 1.57 bits per heavy atom. The van der Waals surface area contributed by atoms with Gasteiger partial charge in [0.1, 0.15) is 17.2 Å². The molecule has 0 radical (unpaired) electrons. The number of hydrogen-bond donors (Lipinski definition) is 1. The zero-order chi connectivity index (χ0) is 29.2. The molecule has 1 saturated heterocycles. The number of rotatable bonds is 5. The first-order valence-electron chi connectivity index (χ1n) is 14.1. The number of carbonyl (C=O) groups is 3. The predicted octanol–water partition coefficient (Wildman–Crippen LogP) is 6.25. The maximum atomic E-state index is 14.9. The molecule has 6 heteroatoms. The van der Waals surface area contributed by atoms with E-state index in [1.807, 2.05) is 79.4 Å². The van der Waals surface area contributed by atoms with Crippen molar-refractivity contribution in [3.63, 3.8) is 0 Å². The lowest BCUT2D eigenvalue weighted by Crippen LogP contribution is -2.51. The molecule has 208 valence electrons. The Morgan fingerprint density at radius 1 is 0.833 bits per heavy atom. The molecule has 42 heavy (non-hydrogen) atoms. The summed E-state index contributed by atoms with van der Waals surface area (Å²) in [4.78, 5) is 46.2. The summed E-state index contributed by atoms with van der Waals surface area (Å²) in [5.41, 5.74) is 4.79. The van der Waals surface area contributed by atoms with Crippen LogP contribution in [-0.2, 0) is 10.2 Å². The predicted molar refractivity (Wildman–Crippen MR) is 163 cm³/mol. The average Bonchev–Trinajstić information content (AvgIpc) is 3.49. The highest BCUT2D eigenvalue weighted by molar-refractivity contribution is 6.18. The molecule has 0 aliphatic carbocycles. The molecule has 4 aromatic carbocycles. The highest BCUT2D eigenvalue weighted by Gasteiger charge is 2.70. The van der Waals surface area contributed by atoms with Crippen LogP contribution in [0.5, 0.6) is 5.75 Å². The summed E-state index contributed by atoms with van der Waals surface area (Å²) in [6.45, 7) is 3.99. The second kappa shape index (κ2) is 9.55. The minimum atomic E-state index is -1.34. The van der Waals surface area contributed by atoms with E-state index in [1.54, 1.807) is 43.5 Å². The van der Waals surface area contributed by atoms with Crippen LogP contribution >= 0.6 is 0 Å². The van der Waals surface area contributed by atoms with Crippen LogP contribution in [-0.4, -0.2) is 36.7 Å². The topological polar surface area (TPSA) is 75.7 Å². The molecule has 6 nitrogen and oxygen atoms in total. The van der Waals surface area contributed by atoms with Crippen molar-refractivity contribution in [3.05, 3.63) is 131 Å². The second-order valence-electron chi connectivity index (χ2n) is 11.3. The Bertz CT molecular complexity index is 1810.